The summed E-state index contributed by atoms with van der Waals surface area (Å²) in [4.78, 5) is 23.1. The highest BCUT2D eigenvalue weighted by molar-refractivity contribution is 5.97. The van der Waals surface area contributed by atoms with Crippen LogP contribution in [0.4, 0.5) is 0 Å². The molecule has 3 rings (SSSR count). The smallest absolute Gasteiger partial charge is 0.253 e. The highest BCUT2D eigenvalue weighted by Crippen LogP contribution is 2.19. The van der Waals surface area contributed by atoms with Gasteiger partial charge >= 0.3 is 0 Å². The Morgan fingerprint density at radius 1 is 1.03 bits per heavy atom. The summed E-state index contributed by atoms with van der Waals surface area (Å²) >= 11 is 0. The van der Waals surface area contributed by atoms with E-state index in [0.717, 1.165) is 40.8 Å². The van der Waals surface area contributed by atoms with Gasteiger partial charge in [-0.25, -0.2) is 4.98 Å². The molecule has 0 aliphatic rings. The van der Waals surface area contributed by atoms with E-state index in [1.807, 2.05) is 49.5 Å². The predicted octanol–water partition coefficient (Wildman–Crippen LogP) is 4.68. The molecule has 0 unspecified atom stereocenters. The SMILES string of the molecule is CCCCCC.CN=C(N)CCN(C)C(=O)c1ccc2c(c1)nc(CCc1ccc(C(=N)N)cc1)n2C. The van der Waals surface area contributed by atoms with Gasteiger partial charge in [0, 0.05) is 51.7 Å². The Hall–Kier alpha value is -3.68. The van der Waals surface area contributed by atoms with E-state index in [2.05, 4.69) is 23.4 Å². The number of amidine groups is 2. The number of nitrogen functional groups attached to an aromatic ring is 1. The van der Waals surface area contributed by atoms with Crippen LogP contribution in [0.1, 0.15) is 73.3 Å². The highest BCUT2D eigenvalue weighted by Gasteiger charge is 2.15. The molecular weight excluding hydrogens is 462 g/mol. The Morgan fingerprint density at radius 2 is 1.65 bits per heavy atom. The maximum Gasteiger partial charge on any atom is 0.253 e. The molecule has 8 heteroatoms. The summed E-state index contributed by atoms with van der Waals surface area (Å²) in [5, 5.41) is 7.48. The fourth-order valence-corrected chi connectivity index (χ4v) is 3.93. The number of nitrogens with zero attached hydrogens (tertiary/aromatic N) is 4. The maximum absolute atomic E-state index is 12.8. The number of aryl methyl sites for hydroxylation is 3. The zero-order chi connectivity index (χ0) is 27.4. The van der Waals surface area contributed by atoms with E-state index in [4.69, 9.17) is 21.9 Å². The molecule has 0 atom stereocenters. The largest absolute Gasteiger partial charge is 0.387 e. The number of carbonyl (C=O) groups is 1. The number of hydrogen-bond donors (Lipinski definition) is 3. The van der Waals surface area contributed by atoms with E-state index in [0.29, 0.717) is 24.4 Å². The van der Waals surface area contributed by atoms with Gasteiger partial charge < -0.3 is 20.9 Å². The van der Waals surface area contributed by atoms with Crippen molar-refractivity contribution in [1.29, 1.82) is 5.41 Å². The number of hydrogen-bond acceptors (Lipinski definition) is 4. The van der Waals surface area contributed by atoms with Gasteiger partial charge in [0.25, 0.3) is 5.91 Å². The number of fused-ring (bicyclic) bond motifs is 1. The highest BCUT2D eigenvalue weighted by atomic mass is 16.2. The molecule has 1 heterocycles. The van der Waals surface area contributed by atoms with Gasteiger partial charge in [-0.2, -0.15) is 0 Å². The number of benzene rings is 2. The monoisotopic (exact) mass is 505 g/mol. The van der Waals surface area contributed by atoms with Gasteiger partial charge in [-0.15, -0.1) is 0 Å². The summed E-state index contributed by atoms with van der Waals surface area (Å²) in [5.74, 6) is 1.49. The van der Waals surface area contributed by atoms with Gasteiger partial charge in [0.1, 0.15) is 11.7 Å². The molecule has 2 aromatic carbocycles. The van der Waals surface area contributed by atoms with Crippen molar-refractivity contribution < 1.29 is 4.79 Å². The van der Waals surface area contributed by atoms with Gasteiger partial charge in [-0.1, -0.05) is 63.8 Å². The second kappa shape index (κ2) is 14.8. The number of unbranched alkanes of at least 4 members (excludes halogenated alkanes) is 3. The zero-order valence-electron chi connectivity index (χ0n) is 23.1. The minimum absolute atomic E-state index is 0.0661. The summed E-state index contributed by atoms with van der Waals surface area (Å²) < 4.78 is 2.07. The number of amides is 1. The van der Waals surface area contributed by atoms with Crippen molar-refractivity contribution in [3.8, 4) is 0 Å². The number of carbonyl (C=O) groups excluding carboxylic acids is 1. The van der Waals surface area contributed by atoms with Crippen LogP contribution in [0.2, 0.25) is 0 Å². The molecule has 8 nitrogen and oxygen atoms in total. The molecule has 1 aromatic heterocycles. The quantitative estimate of drug-likeness (QED) is 0.199. The van der Waals surface area contributed by atoms with E-state index in [-0.39, 0.29) is 11.7 Å². The molecule has 3 aromatic rings. The van der Waals surface area contributed by atoms with Crippen molar-refractivity contribution in [3.63, 3.8) is 0 Å². The van der Waals surface area contributed by atoms with Gasteiger partial charge in [0.2, 0.25) is 0 Å². The van der Waals surface area contributed by atoms with Crippen molar-refractivity contribution in [3.05, 3.63) is 65.0 Å². The van der Waals surface area contributed by atoms with Crippen molar-refractivity contribution in [2.24, 2.45) is 23.5 Å². The molecule has 0 spiro atoms. The number of imidazole rings is 1. The minimum atomic E-state index is -0.0661. The summed E-state index contributed by atoms with van der Waals surface area (Å²) in [6, 6.07) is 13.3. The molecule has 0 aliphatic carbocycles. The minimum Gasteiger partial charge on any atom is -0.387 e. The van der Waals surface area contributed by atoms with Crippen LogP contribution in [0, 0.1) is 5.41 Å². The van der Waals surface area contributed by atoms with Crippen LogP contribution >= 0.6 is 0 Å². The fraction of sp³-hybridized carbons (Fsp3) is 0.448. The van der Waals surface area contributed by atoms with Crippen molar-refractivity contribution in [1.82, 2.24) is 14.5 Å². The molecule has 1 amide bonds. The fourth-order valence-electron chi connectivity index (χ4n) is 3.93. The first-order valence-electron chi connectivity index (χ1n) is 13.1. The van der Waals surface area contributed by atoms with E-state index in [9.17, 15) is 4.79 Å². The average Bonchev–Trinajstić information content (AvgIpc) is 3.23. The number of aliphatic imine (C=N–C) groups is 1. The van der Waals surface area contributed by atoms with Crippen LogP contribution in [0.25, 0.3) is 11.0 Å². The average molecular weight is 506 g/mol. The number of aromatic nitrogens is 2. The molecule has 0 saturated carbocycles. The van der Waals surface area contributed by atoms with E-state index >= 15 is 0 Å². The lowest BCUT2D eigenvalue weighted by atomic mass is 10.1. The first kappa shape index (κ1) is 29.5. The normalized spacial score (nSPS) is 11.2. The molecule has 200 valence electrons. The summed E-state index contributed by atoms with van der Waals surface area (Å²) in [5.41, 5.74) is 15.5. The molecule has 0 bridgehead atoms. The summed E-state index contributed by atoms with van der Waals surface area (Å²) in [7, 11) is 5.39. The second-order valence-corrected chi connectivity index (χ2v) is 9.30. The number of nitrogens with two attached hydrogens (primary N) is 2. The topological polar surface area (TPSA) is 126 Å². The Labute approximate surface area is 221 Å². The standard InChI is InChI=1S/C23H29N7O.C6H14/c1-27-20(24)12-13-29(2)23(31)17-9-10-19-18(14-17)28-21(30(19)3)11-6-15-4-7-16(8-5-15)22(25)26;1-3-5-6-4-2/h4-5,7-10,14H,6,11-13H2,1-3H3,(H2,24,27)(H3,25,26);3-6H2,1-2H3. The first-order chi connectivity index (χ1) is 17.7. The lowest BCUT2D eigenvalue weighted by Crippen LogP contribution is -2.30. The molecule has 0 radical (unpaired) electrons. The Bertz CT molecular complexity index is 1190. The van der Waals surface area contributed by atoms with Crippen molar-refractivity contribution in [2.75, 3.05) is 20.6 Å². The van der Waals surface area contributed by atoms with E-state index in [1.54, 1.807) is 19.0 Å². The molecule has 37 heavy (non-hydrogen) atoms. The van der Waals surface area contributed by atoms with Crippen LogP contribution in [-0.2, 0) is 19.9 Å². The van der Waals surface area contributed by atoms with Gasteiger partial charge in [0.15, 0.2) is 0 Å². The number of rotatable bonds is 11. The van der Waals surface area contributed by atoms with E-state index < -0.39 is 0 Å². The molecular formula is C29H43N7O. The third-order valence-electron chi connectivity index (χ3n) is 6.42. The van der Waals surface area contributed by atoms with Crippen molar-refractivity contribution in [2.45, 2.75) is 58.8 Å². The molecule has 0 fully saturated rings. The van der Waals surface area contributed by atoms with Crippen molar-refractivity contribution >= 4 is 28.6 Å². The third-order valence-corrected chi connectivity index (χ3v) is 6.42. The van der Waals surface area contributed by atoms with Gasteiger partial charge in [0.05, 0.1) is 16.9 Å². The Kier molecular flexibility index (Phi) is 11.8. The lowest BCUT2D eigenvalue weighted by molar-refractivity contribution is 0.0799. The van der Waals surface area contributed by atoms with Gasteiger partial charge in [-0.3, -0.25) is 15.2 Å². The number of nitrogens with one attached hydrogen (secondary N) is 1. The van der Waals surface area contributed by atoms with Crippen LogP contribution in [-0.4, -0.2) is 52.7 Å². The predicted molar refractivity (Wildman–Crippen MR) is 155 cm³/mol. The van der Waals surface area contributed by atoms with Crippen LogP contribution < -0.4 is 11.5 Å². The third kappa shape index (κ3) is 8.74. The Balaban J connectivity index is 0.000000717. The van der Waals surface area contributed by atoms with E-state index in [1.165, 1.54) is 25.7 Å². The zero-order valence-corrected chi connectivity index (χ0v) is 23.1. The molecule has 5 N–H and O–H groups in total. The molecule has 0 aliphatic heterocycles. The lowest BCUT2D eigenvalue weighted by Gasteiger charge is -2.17. The summed E-state index contributed by atoms with van der Waals surface area (Å²) in [6.45, 7) is 4.97. The second-order valence-electron chi connectivity index (χ2n) is 9.30. The van der Waals surface area contributed by atoms with Crippen LogP contribution in [0.3, 0.4) is 0 Å². The maximum atomic E-state index is 12.8. The van der Waals surface area contributed by atoms with Crippen LogP contribution in [0.15, 0.2) is 47.5 Å². The van der Waals surface area contributed by atoms with Crippen LogP contribution in [0.5, 0.6) is 0 Å². The summed E-state index contributed by atoms with van der Waals surface area (Å²) in [6.07, 6.45) is 7.67. The Morgan fingerprint density at radius 3 is 2.22 bits per heavy atom. The first-order valence-corrected chi connectivity index (χ1v) is 13.1. The van der Waals surface area contributed by atoms with Gasteiger partial charge in [-0.05, 0) is 30.2 Å². The molecule has 0 saturated heterocycles.